The lowest BCUT2D eigenvalue weighted by molar-refractivity contribution is -0.152. The summed E-state index contributed by atoms with van der Waals surface area (Å²) in [5, 5.41) is -0.113. The minimum absolute atomic E-state index is 0.0281. The third-order valence-electron chi connectivity index (χ3n) is 4.54. The van der Waals surface area contributed by atoms with Crippen molar-refractivity contribution in [3.8, 4) is 28.4 Å². The molecule has 4 rings (SSSR count). The van der Waals surface area contributed by atoms with Crippen molar-refractivity contribution in [2.75, 3.05) is 13.2 Å². The van der Waals surface area contributed by atoms with E-state index in [4.69, 9.17) is 24.4 Å². The molecule has 162 valence electrons. The van der Waals surface area contributed by atoms with Crippen molar-refractivity contribution in [2.24, 2.45) is 5.73 Å². The molecule has 7 nitrogen and oxygen atoms in total. The number of halogens is 3. The Morgan fingerprint density at radius 2 is 1.81 bits per heavy atom. The Balaban J connectivity index is 1.90. The average Bonchev–Trinajstić information content (AvgIpc) is 2.72. The fourth-order valence-electron chi connectivity index (χ4n) is 3.11. The normalized spacial score (nSPS) is 14.4. The highest BCUT2D eigenvalue weighted by molar-refractivity contribution is 5.85. The van der Waals surface area contributed by atoms with Gasteiger partial charge in [-0.05, 0) is 36.8 Å². The van der Waals surface area contributed by atoms with Crippen LogP contribution in [0.1, 0.15) is 12.7 Å². The Bertz CT molecular complexity index is 1230. The topological polar surface area (TPSA) is 101 Å². The van der Waals surface area contributed by atoms with Crippen LogP contribution < -0.4 is 25.4 Å². The number of ether oxygens (including phenoxy) is 3. The molecule has 1 unspecified atom stereocenters. The van der Waals surface area contributed by atoms with Crippen LogP contribution >= 0.6 is 0 Å². The molecule has 0 fully saturated rings. The summed E-state index contributed by atoms with van der Waals surface area (Å²) in [6.07, 6.45) is -4.96. The molecule has 3 aromatic rings. The second-order valence-corrected chi connectivity index (χ2v) is 6.86. The van der Waals surface area contributed by atoms with Gasteiger partial charge in [0.25, 0.3) is 0 Å². The van der Waals surface area contributed by atoms with Gasteiger partial charge >= 0.3 is 12.1 Å². The van der Waals surface area contributed by atoms with Gasteiger partial charge in [-0.1, -0.05) is 6.07 Å². The highest BCUT2D eigenvalue weighted by atomic mass is 19.4. The number of carbonyl (C=O) groups excluding carboxylic acids is 1. The van der Waals surface area contributed by atoms with E-state index in [0.717, 1.165) is 6.07 Å². The van der Waals surface area contributed by atoms with E-state index in [2.05, 4.69) is 0 Å². The van der Waals surface area contributed by atoms with Crippen molar-refractivity contribution in [3.05, 3.63) is 52.4 Å². The third-order valence-corrected chi connectivity index (χ3v) is 4.54. The SMILES string of the molecule is CC(N)C(=O)Oc1ccc2c(=O)c(-c3ccc4c(c3)OCCO4)c(C(F)(F)F)oc2c1. The molecule has 2 aromatic carbocycles. The number of hydrogen-bond donors (Lipinski definition) is 1. The Morgan fingerprint density at radius 3 is 2.48 bits per heavy atom. The Morgan fingerprint density at radius 1 is 1.10 bits per heavy atom. The quantitative estimate of drug-likeness (QED) is 0.496. The molecule has 10 heteroatoms. The minimum atomic E-state index is -4.96. The van der Waals surface area contributed by atoms with Crippen LogP contribution in [0.2, 0.25) is 0 Å². The first-order valence-electron chi connectivity index (χ1n) is 9.20. The molecule has 2 heterocycles. The Labute approximate surface area is 173 Å². The summed E-state index contributed by atoms with van der Waals surface area (Å²) < 4.78 is 62.3. The van der Waals surface area contributed by atoms with Crippen LogP contribution in [0.25, 0.3) is 22.1 Å². The van der Waals surface area contributed by atoms with Gasteiger partial charge in [-0.2, -0.15) is 13.2 Å². The van der Waals surface area contributed by atoms with Crippen molar-refractivity contribution in [3.63, 3.8) is 0 Å². The van der Waals surface area contributed by atoms with Gasteiger partial charge < -0.3 is 24.4 Å². The summed E-state index contributed by atoms with van der Waals surface area (Å²) in [4.78, 5) is 24.7. The maximum absolute atomic E-state index is 13.8. The molecule has 2 N–H and O–H groups in total. The van der Waals surface area contributed by atoms with E-state index in [1.54, 1.807) is 0 Å². The van der Waals surface area contributed by atoms with Gasteiger partial charge in [-0.25, -0.2) is 4.79 Å². The van der Waals surface area contributed by atoms with Crippen molar-refractivity contribution in [1.29, 1.82) is 0 Å². The second kappa shape index (κ2) is 7.62. The predicted molar refractivity (Wildman–Crippen MR) is 103 cm³/mol. The number of esters is 1. The molecule has 1 aliphatic rings. The molecule has 0 saturated heterocycles. The summed E-state index contributed by atoms with van der Waals surface area (Å²) in [5.74, 6) is -1.76. The predicted octanol–water partition coefficient (Wildman–Crippen LogP) is 3.50. The molecular weight excluding hydrogens is 419 g/mol. The van der Waals surface area contributed by atoms with Crippen molar-refractivity contribution < 1.29 is 36.6 Å². The third kappa shape index (κ3) is 3.93. The molecule has 1 atom stereocenters. The monoisotopic (exact) mass is 435 g/mol. The summed E-state index contributed by atoms with van der Waals surface area (Å²) in [7, 11) is 0. The van der Waals surface area contributed by atoms with Gasteiger partial charge in [0.1, 0.15) is 30.6 Å². The zero-order valence-electron chi connectivity index (χ0n) is 16.1. The number of rotatable bonds is 3. The molecule has 0 spiro atoms. The van der Waals surface area contributed by atoms with Crippen LogP contribution in [0.3, 0.4) is 0 Å². The molecule has 0 bridgehead atoms. The summed E-state index contributed by atoms with van der Waals surface area (Å²) in [6, 6.07) is 6.68. The van der Waals surface area contributed by atoms with Gasteiger partial charge in [0.2, 0.25) is 11.2 Å². The van der Waals surface area contributed by atoms with E-state index in [1.807, 2.05) is 0 Å². The van der Waals surface area contributed by atoms with Gasteiger partial charge in [0.15, 0.2) is 11.5 Å². The van der Waals surface area contributed by atoms with Crippen LogP contribution in [0.4, 0.5) is 13.2 Å². The molecular formula is C21H16F3NO6. The first-order chi connectivity index (χ1) is 14.6. The Kier molecular flexibility index (Phi) is 5.10. The highest BCUT2D eigenvalue weighted by Gasteiger charge is 2.39. The molecule has 0 radical (unpaired) electrons. The number of benzene rings is 2. The zero-order chi connectivity index (χ0) is 22.3. The average molecular weight is 435 g/mol. The lowest BCUT2D eigenvalue weighted by atomic mass is 10.0. The van der Waals surface area contributed by atoms with E-state index in [0.29, 0.717) is 12.4 Å². The van der Waals surface area contributed by atoms with Crippen LogP contribution in [0.15, 0.2) is 45.6 Å². The van der Waals surface area contributed by atoms with Gasteiger partial charge in [-0.15, -0.1) is 0 Å². The molecule has 0 saturated carbocycles. The minimum Gasteiger partial charge on any atom is -0.486 e. The number of hydrogen-bond acceptors (Lipinski definition) is 7. The van der Waals surface area contributed by atoms with Gasteiger partial charge in [0, 0.05) is 6.07 Å². The first kappa shape index (κ1) is 20.7. The van der Waals surface area contributed by atoms with E-state index >= 15 is 0 Å². The summed E-state index contributed by atoms with van der Waals surface area (Å²) in [6.45, 7) is 1.94. The molecule has 31 heavy (non-hydrogen) atoms. The lowest BCUT2D eigenvalue weighted by Gasteiger charge is -2.19. The number of alkyl halides is 3. The molecule has 1 aromatic heterocycles. The smallest absolute Gasteiger partial charge is 0.450 e. The molecule has 0 aliphatic carbocycles. The van der Waals surface area contributed by atoms with Crippen molar-refractivity contribution in [1.82, 2.24) is 0 Å². The lowest BCUT2D eigenvalue weighted by Crippen LogP contribution is -2.30. The van der Waals surface area contributed by atoms with Gasteiger partial charge in [-0.3, -0.25) is 4.79 Å². The fourth-order valence-corrected chi connectivity index (χ4v) is 3.11. The maximum Gasteiger partial charge on any atom is 0.450 e. The Hall–Kier alpha value is -3.53. The van der Waals surface area contributed by atoms with Crippen molar-refractivity contribution in [2.45, 2.75) is 19.1 Å². The standard InChI is InChI=1S/C21H16F3NO6/c1-10(25)20(27)30-12-3-4-13-15(9-12)31-19(21(22,23)24)17(18(13)26)11-2-5-14-16(8-11)29-7-6-28-14/h2-5,8-10H,6-7,25H2,1H3. The highest BCUT2D eigenvalue weighted by Crippen LogP contribution is 2.40. The molecule has 1 aliphatic heterocycles. The van der Waals surface area contributed by atoms with Crippen LogP contribution in [-0.4, -0.2) is 25.2 Å². The fraction of sp³-hybridized carbons (Fsp3) is 0.238. The summed E-state index contributed by atoms with van der Waals surface area (Å²) >= 11 is 0. The number of nitrogens with two attached hydrogens (primary N) is 1. The van der Waals surface area contributed by atoms with Crippen LogP contribution in [0, 0.1) is 0 Å². The molecule has 0 amide bonds. The van der Waals surface area contributed by atoms with Gasteiger partial charge in [0.05, 0.1) is 10.9 Å². The zero-order valence-corrected chi connectivity index (χ0v) is 16.1. The summed E-state index contributed by atoms with van der Waals surface area (Å²) in [5.41, 5.74) is 3.46. The van der Waals surface area contributed by atoms with E-state index in [9.17, 15) is 22.8 Å². The maximum atomic E-state index is 13.8. The van der Waals surface area contributed by atoms with Crippen LogP contribution in [-0.2, 0) is 11.0 Å². The van der Waals surface area contributed by atoms with E-state index in [-0.39, 0.29) is 34.6 Å². The van der Waals surface area contributed by atoms with Crippen LogP contribution in [0.5, 0.6) is 17.2 Å². The largest absolute Gasteiger partial charge is 0.486 e. The van der Waals surface area contributed by atoms with E-state index in [1.165, 1.54) is 37.3 Å². The van der Waals surface area contributed by atoms with Crippen molar-refractivity contribution >= 4 is 16.9 Å². The second-order valence-electron chi connectivity index (χ2n) is 6.86. The van der Waals surface area contributed by atoms with E-state index < -0.39 is 34.9 Å². The number of fused-ring (bicyclic) bond motifs is 2. The first-order valence-corrected chi connectivity index (χ1v) is 9.20. The number of carbonyl (C=O) groups is 1.